The van der Waals surface area contributed by atoms with Crippen LogP contribution in [0.5, 0.6) is 0 Å². The van der Waals surface area contributed by atoms with Gasteiger partial charge in [0.25, 0.3) is 0 Å². The SMILES string of the molecule is O=C(N[C@H](CN1CCCC1=O)c1cccc(C(F)(F)F)c1)C1CC1. The molecule has 24 heavy (non-hydrogen) atoms. The molecular weight excluding hydrogens is 321 g/mol. The van der Waals surface area contributed by atoms with Crippen LogP contribution in [-0.4, -0.2) is 29.8 Å². The molecule has 1 N–H and O–H groups in total. The van der Waals surface area contributed by atoms with E-state index in [0.717, 1.165) is 31.4 Å². The minimum atomic E-state index is -4.44. The van der Waals surface area contributed by atoms with Crippen LogP contribution in [0.3, 0.4) is 0 Å². The maximum Gasteiger partial charge on any atom is 0.416 e. The molecule has 0 radical (unpaired) electrons. The summed E-state index contributed by atoms with van der Waals surface area (Å²) in [5.74, 6) is -0.218. The van der Waals surface area contributed by atoms with E-state index in [9.17, 15) is 22.8 Å². The van der Waals surface area contributed by atoms with Crippen molar-refractivity contribution in [3.05, 3.63) is 35.4 Å². The molecule has 1 atom stereocenters. The first-order valence-electron chi connectivity index (χ1n) is 8.10. The van der Waals surface area contributed by atoms with Gasteiger partial charge in [0.2, 0.25) is 11.8 Å². The molecule has 1 saturated carbocycles. The summed E-state index contributed by atoms with van der Waals surface area (Å²) < 4.78 is 38.8. The van der Waals surface area contributed by atoms with E-state index in [1.54, 1.807) is 11.0 Å². The van der Waals surface area contributed by atoms with Crippen LogP contribution in [0.2, 0.25) is 0 Å². The molecular formula is C17H19F3N2O2. The zero-order valence-corrected chi connectivity index (χ0v) is 13.1. The maximum atomic E-state index is 12.9. The second-order valence-electron chi connectivity index (χ2n) is 6.40. The molecule has 0 aromatic heterocycles. The van der Waals surface area contributed by atoms with Crippen molar-refractivity contribution in [2.75, 3.05) is 13.1 Å². The molecule has 1 aliphatic carbocycles. The summed E-state index contributed by atoms with van der Waals surface area (Å²) >= 11 is 0. The van der Waals surface area contributed by atoms with Gasteiger partial charge in [-0.2, -0.15) is 13.2 Å². The standard InChI is InChI=1S/C17H19F3N2O2/c18-17(19,20)13-4-1-3-12(9-13)14(21-16(24)11-6-7-11)10-22-8-2-5-15(22)23/h1,3-4,9,11,14H,2,5-8,10H2,(H,21,24)/t14-/m1/s1. The highest BCUT2D eigenvalue weighted by Gasteiger charge is 2.34. The van der Waals surface area contributed by atoms with Crippen molar-refractivity contribution in [2.45, 2.75) is 37.9 Å². The van der Waals surface area contributed by atoms with Gasteiger partial charge in [0.1, 0.15) is 0 Å². The number of likely N-dealkylation sites (tertiary alicyclic amines) is 1. The highest BCUT2D eigenvalue weighted by Crippen LogP contribution is 2.33. The number of amides is 2. The van der Waals surface area contributed by atoms with Crippen LogP contribution in [0.25, 0.3) is 0 Å². The molecule has 2 amide bonds. The Hall–Kier alpha value is -2.05. The van der Waals surface area contributed by atoms with Gasteiger partial charge in [0.05, 0.1) is 11.6 Å². The number of hydrogen-bond acceptors (Lipinski definition) is 2. The molecule has 1 aromatic rings. The number of benzene rings is 1. The second-order valence-corrected chi connectivity index (χ2v) is 6.40. The number of halogens is 3. The molecule has 1 aromatic carbocycles. The molecule has 3 rings (SSSR count). The van der Waals surface area contributed by atoms with Gasteiger partial charge in [0.15, 0.2) is 0 Å². The Morgan fingerprint density at radius 1 is 1.33 bits per heavy atom. The van der Waals surface area contributed by atoms with E-state index in [0.29, 0.717) is 18.5 Å². The smallest absolute Gasteiger partial charge is 0.347 e. The van der Waals surface area contributed by atoms with Gasteiger partial charge in [-0.25, -0.2) is 0 Å². The van der Waals surface area contributed by atoms with Crippen molar-refractivity contribution in [3.63, 3.8) is 0 Å². The second kappa shape index (κ2) is 6.45. The monoisotopic (exact) mass is 340 g/mol. The molecule has 0 spiro atoms. The molecule has 1 heterocycles. The van der Waals surface area contributed by atoms with Crippen molar-refractivity contribution in [2.24, 2.45) is 5.92 Å². The van der Waals surface area contributed by atoms with Crippen molar-refractivity contribution in [1.82, 2.24) is 10.2 Å². The van der Waals surface area contributed by atoms with E-state index < -0.39 is 17.8 Å². The quantitative estimate of drug-likeness (QED) is 0.896. The number of carbonyl (C=O) groups excluding carboxylic acids is 2. The third-order valence-corrected chi connectivity index (χ3v) is 4.46. The number of carbonyl (C=O) groups is 2. The van der Waals surface area contributed by atoms with Crippen LogP contribution in [0.15, 0.2) is 24.3 Å². The highest BCUT2D eigenvalue weighted by molar-refractivity contribution is 5.81. The third kappa shape index (κ3) is 3.88. The lowest BCUT2D eigenvalue weighted by Gasteiger charge is -2.26. The summed E-state index contributed by atoms with van der Waals surface area (Å²) in [5.41, 5.74) is -0.378. The minimum Gasteiger partial charge on any atom is -0.347 e. The van der Waals surface area contributed by atoms with Crippen molar-refractivity contribution in [1.29, 1.82) is 0 Å². The van der Waals surface area contributed by atoms with E-state index in [1.807, 2.05) is 0 Å². The van der Waals surface area contributed by atoms with E-state index >= 15 is 0 Å². The fraction of sp³-hybridized carbons (Fsp3) is 0.529. The van der Waals surface area contributed by atoms with Gasteiger partial charge in [-0.15, -0.1) is 0 Å². The average Bonchev–Trinajstić information content (AvgIpc) is 3.30. The van der Waals surface area contributed by atoms with E-state index in [2.05, 4.69) is 5.32 Å². The minimum absolute atomic E-state index is 0.0207. The number of alkyl halides is 3. The lowest BCUT2D eigenvalue weighted by Crippen LogP contribution is -2.39. The summed E-state index contributed by atoms with van der Waals surface area (Å²) in [7, 11) is 0. The maximum absolute atomic E-state index is 12.9. The van der Waals surface area contributed by atoms with Crippen LogP contribution in [0.4, 0.5) is 13.2 Å². The molecule has 1 aliphatic heterocycles. The molecule has 4 nitrogen and oxygen atoms in total. The summed E-state index contributed by atoms with van der Waals surface area (Å²) in [4.78, 5) is 25.5. The van der Waals surface area contributed by atoms with Gasteiger partial charge in [-0.1, -0.05) is 12.1 Å². The number of rotatable bonds is 5. The largest absolute Gasteiger partial charge is 0.416 e. The van der Waals surface area contributed by atoms with Gasteiger partial charge in [-0.3, -0.25) is 9.59 Å². The highest BCUT2D eigenvalue weighted by atomic mass is 19.4. The first-order chi connectivity index (χ1) is 11.3. The third-order valence-electron chi connectivity index (χ3n) is 4.46. The van der Waals surface area contributed by atoms with Crippen molar-refractivity contribution < 1.29 is 22.8 Å². The molecule has 7 heteroatoms. The van der Waals surface area contributed by atoms with Crippen molar-refractivity contribution in [3.8, 4) is 0 Å². The Labute approximate surface area is 138 Å². The number of nitrogens with one attached hydrogen (secondary N) is 1. The van der Waals surface area contributed by atoms with Gasteiger partial charge in [-0.05, 0) is 37.0 Å². The Bertz CT molecular complexity index is 641. The van der Waals surface area contributed by atoms with Crippen LogP contribution in [0.1, 0.15) is 42.9 Å². The molecule has 0 bridgehead atoms. The topological polar surface area (TPSA) is 49.4 Å². The first kappa shape index (κ1) is 16.8. The fourth-order valence-electron chi connectivity index (χ4n) is 2.92. The zero-order valence-electron chi connectivity index (χ0n) is 13.1. The summed E-state index contributed by atoms with van der Waals surface area (Å²) in [6.45, 7) is 0.784. The lowest BCUT2D eigenvalue weighted by atomic mass is 10.0. The van der Waals surface area contributed by atoms with Crippen LogP contribution >= 0.6 is 0 Å². The van der Waals surface area contributed by atoms with Gasteiger partial charge < -0.3 is 10.2 Å². The van der Waals surface area contributed by atoms with Crippen LogP contribution in [0, 0.1) is 5.92 Å². The van der Waals surface area contributed by atoms with Crippen LogP contribution in [-0.2, 0) is 15.8 Å². The molecule has 2 fully saturated rings. The fourth-order valence-corrected chi connectivity index (χ4v) is 2.92. The summed E-state index contributed by atoms with van der Waals surface area (Å²) in [5, 5.41) is 2.82. The Balaban J connectivity index is 1.82. The van der Waals surface area contributed by atoms with Crippen molar-refractivity contribution >= 4 is 11.8 Å². The normalized spacial score (nSPS) is 19.5. The molecule has 130 valence electrons. The number of nitrogens with zero attached hydrogens (tertiary/aromatic N) is 1. The van der Waals surface area contributed by atoms with Crippen LogP contribution < -0.4 is 5.32 Å². The Morgan fingerprint density at radius 3 is 2.67 bits per heavy atom. The Kier molecular flexibility index (Phi) is 4.51. The first-order valence-corrected chi connectivity index (χ1v) is 8.10. The summed E-state index contributed by atoms with van der Waals surface area (Å²) in [6.07, 6.45) is -1.63. The van der Waals surface area contributed by atoms with E-state index in [4.69, 9.17) is 0 Å². The average molecular weight is 340 g/mol. The number of hydrogen-bond donors (Lipinski definition) is 1. The summed E-state index contributed by atoms with van der Waals surface area (Å²) in [6, 6.07) is 4.33. The predicted octanol–water partition coefficient (Wildman–Crippen LogP) is 2.90. The zero-order chi connectivity index (χ0) is 17.3. The van der Waals surface area contributed by atoms with E-state index in [1.165, 1.54) is 6.07 Å². The molecule has 0 unspecified atom stereocenters. The lowest BCUT2D eigenvalue weighted by molar-refractivity contribution is -0.137. The van der Waals surface area contributed by atoms with Gasteiger partial charge in [0, 0.05) is 25.4 Å². The molecule has 1 saturated heterocycles. The molecule has 2 aliphatic rings. The van der Waals surface area contributed by atoms with Gasteiger partial charge >= 0.3 is 6.18 Å². The predicted molar refractivity (Wildman–Crippen MR) is 80.9 cm³/mol. The van der Waals surface area contributed by atoms with E-state index in [-0.39, 0.29) is 24.3 Å². The Morgan fingerprint density at radius 2 is 2.08 bits per heavy atom.